The second-order valence-corrected chi connectivity index (χ2v) is 4.29. The van der Waals surface area contributed by atoms with E-state index < -0.39 is 0 Å². The fourth-order valence-corrected chi connectivity index (χ4v) is 1.88. The Balaban J connectivity index is 2.26. The normalized spacial score (nSPS) is 26.4. The first kappa shape index (κ1) is 10.9. The molecule has 0 radical (unpaired) electrons. The standard InChI is InChI=1S/C15H17N/c1-12-6-5-9-14(10-11-15(12)16)13-7-3-2-4-8-13/h2-5,7-10,12,16H,6,11H2,1H3/b9-5+,14-10+,16-15?. The van der Waals surface area contributed by atoms with Crippen LogP contribution in [0.2, 0.25) is 0 Å². The highest BCUT2D eigenvalue weighted by molar-refractivity contribution is 5.88. The predicted octanol–water partition coefficient (Wildman–Crippen LogP) is 4.08. The van der Waals surface area contributed by atoms with Crippen molar-refractivity contribution in [2.45, 2.75) is 19.8 Å². The molecule has 0 bridgehead atoms. The summed E-state index contributed by atoms with van der Waals surface area (Å²) in [7, 11) is 0. The van der Waals surface area contributed by atoms with Crippen molar-refractivity contribution in [2.24, 2.45) is 5.92 Å². The van der Waals surface area contributed by atoms with Gasteiger partial charge in [-0.25, -0.2) is 0 Å². The summed E-state index contributed by atoms with van der Waals surface area (Å²) >= 11 is 0. The second kappa shape index (κ2) is 4.93. The first-order valence-electron chi connectivity index (χ1n) is 5.77. The molecule has 1 atom stereocenters. The van der Waals surface area contributed by atoms with Crippen LogP contribution in [0.5, 0.6) is 0 Å². The van der Waals surface area contributed by atoms with Crippen LogP contribution in [0.25, 0.3) is 5.57 Å². The summed E-state index contributed by atoms with van der Waals surface area (Å²) in [5.74, 6) is 0.379. The summed E-state index contributed by atoms with van der Waals surface area (Å²) in [5.41, 5.74) is 3.30. The van der Waals surface area contributed by atoms with E-state index in [0.29, 0.717) is 5.92 Å². The Hall–Kier alpha value is -1.63. The molecule has 82 valence electrons. The van der Waals surface area contributed by atoms with Crippen LogP contribution in [0.1, 0.15) is 25.3 Å². The minimum absolute atomic E-state index is 0.379. The van der Waals surface area contributed by atoms with Crippen molar-refractivity contribution < 1.29 is 0 Å². The maximum Gasteiger partial charge on any atom is 0.0158 e. The third kappa shape index (κ3) is 2.48. The van der Waals surface area contributed by atoms with Crippen molar-refractivity contribution in [2.75, 3.05) is 0 Å². The number of rotatable bonds is 1. The molecule has 0 aliphatic heterocycles. The van der Waals surface area contributed by atoms with Crippen LogP contribution in [0.4, 0.5) is 0 Å². The van der Waals surface area contributed by atoms with Crippen molar-refractivity contribution >= 4 is 11.3 Å². The van der Waals surface area contributed by atoms with Crippen LogP contribution in [0, 0.1) is 11.3 Å². The molecule has 1 aromatic rings. The molecule has 1 aromatic carbocycles. The van der Waals surface area contributed by atoms with E-state index in [1.807, 2.05) is 6.07 Å². The van der Waals surface area contributed by atoms with E-state index in [1.54, 1.807) is 0 Å². The Kier molecular flexibility index (Phi) is 3.35. The lowest BCUT2D eigenvalue weighted by Gasteiger charge is -2.13. The Morgan fingerprint density at radius 1 is 1.19 bits per heavy atom. The monoisotopic (exact) mass is 211 g/mol. The van der Waals surface area contributed by atoms with Gasteiger partial charge >= 0.3 is 0 Å². The number of allylic oxidation sites excluding steroid dienone is 4. The highest BCUT2D eigenvalue weighted by atomic mass is 14.4. The lowest BCUT2D eigenvalue weighted by atomic mass is 9.93. The van der Waals surface area contributed by atoms with Crippen molar-refractivity contribution in [3.8, 4) is 0 Å². The summed E-state index contributed by atoms with van der Waals surface area (Å²) in [5, 5.41) is 7.91. The van der Waals surface area contributed by atoms with Gasteiger partial charge in [-0.1, -0.05) is 55.5 Å². The van der Waals surface area contributed by atoms with Crippen LogP contribution in [-0.2, 0) is 0 Å². The summed E-state index contributed by atoms with van der Waals surface area (Å²) < 4.78 is 0. The zero-order valence-electron chi connectivity index (χ0n) is 9.61. The molecular formula is C15H17N. The van der Waals surface area contributed by atoms with Crippen LogP contribution >= 0.6 is 0 Å². The van der Waals surface area contributed by atoms with Gasteiger partial charge in [0, 0.05) is 12.1 Å². The Morgan fingerprint density at radius 3 is 2.69 bits per heavy atom. The van der Waals surface area contributed by atoms with E-state index in [1.165, 1.54) is 11.1 Å². The zero-order chi connectivity index (χ0) is 11.4. The Morgan fingerprint density at radius 2 is 1.94 bits per heavy atom. The van der Waals surface area contributed by atoms with Gasteiger partial charge in [-0.05, 0) is 23.5 Å². The maximum absolute atomic E-state index is 7.91. The molecule has 16 heavy (non-hydrogen) atoms. The maximum atomic E-state index is 7.91. The molecule has 0 heterocycles. The van der Waals surface area contributed by atoms with Gasteiger partial charge in [-0.3, -0.25) is 0 Å². The van der Waals surface area contributed by atoms with E-state index in [0.717, 1.165) is 18.6 Å². The quantitative estimate of drug-likeness (QED) is 0.724. The van der Waals surface area contributed by atoms with Crippen LogP contribution in [0.3, 0.4) is 0 Å². The average molecular weight is 211 g/mol. The molecule has 1 aliphatic carbocycles. The van der Waals surface area contributed by atoms with Gasteiger partial charge < -0.3 is 5.41 Å². The van der Waals surface area contributed by atoms with Crippen molar-refractivity contribution in [3.63, 3.8) is 0 Å². The highest BCUT2D eigenvalue weighted by Crippen LogP contribution is 2.21. The fraction of sp³-hybridized carbons (Fsp3) is 0.267. The molecule has 0 saturated heterocycles. The smallest absolute Gasteiger partial charge is 0.0158 e. The molecule has 1 nitrogen and oxygen atoms in total. The second-order valence-electron chi connectivity index (χ2n) is 4.29. The number of benzene rings is 1. The molecule has 2 rings (SSSR count). The van der Waals surface area contributed by atoms with Gasteiger partial charge in [-0.2, -0.15) is 0 Å². The summed E-state index contributed by atoms with van der Waals surface area (Å²) in [6.45, 7) is 2.12. The van der Waals surface area contributed by atoms with Gasteiger partial charge in [-0.15, -0.1) is 0 Å². The first-order chi connectivity index (χ1) is 7.77. The van der Waals surface area contributed by atoms with Crippen LogP contribution < -0.4 is 0 Å². The fourth-order valence-electron chi connectivity index (χ4n) is 1.88. The molecule has 1 N–H and O–H groups in total. The number of hydrogen-bond donors (Lipinski definition) is 1. The third-order valence-corrected chi connectivity index (χ3v) is 3.03. The Bertz CT molecular complexity index is 426. The summed E-state index contributed by atoms with van der Waals surface area (Å²) in [6.07, 6.45) is 8.26. The largest absolute Gasteiger partial charge is 0.309 e. The third-order valence-electron chi connectivity index (χ3n) is 3.03. The lowest BCUT2D eigenvalue weighted by molar-refractivity contribution is 0.771. The molecule has 0 saturated carbocycles. The molecule has 1 unspecified atom stereocenters. The summed E-state index contributed by atoms with van der Waals surface area (Å²) in [6, 6.07) is 10.4. The van der Waals surface area contributed by atoms with Crippen LogP contribution in [0.15, 0.2) is 48.6 Å². The van der Waals surface area contributed by atoms with Gasteiger partial charge in [0.1, 0.15) is 0 Å². The molecule has 0 aromatic heterocycles. The lowest BCUT2D eigenvalue weighted by Crippen LogP contribution is -2.09. The van der Waals surface area contributed by atoms with Gasteiger partial charge in [0.2, 0.25) is 0 Å². The SMILES string of the molecule is CC1C/C=C/C(c2ccccc2)=C\CC1=N. The van der Waals surface area contributed by atoms with E-state index in [2.05, 4.69) is 49.4 Å². The Labute approximate surface area is 97.0 Å². The minimum Gasteiger partial charge on any atom is -0.309 e. The van der Waals surface area contributed by atoms with Crippen LogP contribution in [-0.4, -0.2) is 5.71 Å². The molecule has 1 aliphatic rings. The number of nitrogens with one attached hydrogen (secondary N) is 1. The van der Waals surface area contributed by atoms with Gasteiger partial charge in [0.25, 0.3) is 0 Å². The summed E-state index contributed by atoms with van der Waals surface area (Å²) in [4.78, 5) is 0. The minimum atomic E-state index is 0.379. The van der Waals surface area contributed by atoms with E-state index in [9.17, 15) is 0 Å². The van der Waals surface area contributed by atoms with Gasteiger partial charge in [0.05, 0.1) is 0 Å². The van der Waals surface area contributed by atoms with Crippen molar-refractivity contribution in [1.82, 2.24) is 0 Å². The first-order valence-corrected chi connectivity index (χ1v) is 5.77. The van der Waals surface area contributed by atoms with E-state index in [4.69, 9.17) is 5.41 Å². The zero-order valence-corrected chi connectivity index (χ0v) is 9.61. The molecule has 1 heteroatoms. The van der Waals surface area contributed by atoms with Gasteiger partial charge in [0.15, 0.2) is 0 Å². The predicted molar refractivity (Wildman–Crippen MR) is 69.7 cm³/mol. The highest BCUT2D eigenvalue weighted by Gasteiger charge is 2.09. The van der Waals surface area contributed by atoms with Crippen molar-refractivity contribution in [1.29, 1.82) is 5.41 Å². The van der Waals surface area contributed by atoms with E-state index >= 15 is 0 Å². The average Bonchev–Trinajstić information content (AvgIpc) is 2.32. The van der Waals surface area contributed by atoms with E-state index in [-0.39, 0.29) is 0 Å². The molecular weight excluding hydrogens is 194 g/mol. The topological polar surface area (TPSA) is 23.9 Å². The van der Waals surface area contributed by atoms with Crippen molar-refractivity contribution in [3.05, 3.63) is 54.1 Å². The molecule has 0 amide bonds. The molecule has 0 spiro atoms. The number of hydrogen-bond acceptors (Lipinski definition) is 1. The molecule has 0 fully saturated rings.